The summed E-state index contributed by atoms with van der Waals surface area (Å²) in [6.07, 6.45) is 6.60. The van der Waals surface area contributed by atoms with Gasteiger partial charge in [-0.25, -0.2) is 15.0 Å². The zero-order chi connectivity index (χ0) is 19.9. The van der Waals surface area contributed by atoms with Gasteiger partial charge in [0.1, 0.15) is 6.20 Å². The van der Waals surface area contributed by atoms with Crippen LogP contribution in [0.2, 0.25) is 0 Å². The topological polar surface area (TPSA) is 77.3 Å². The van der Waals surface area contributed by atoms with E-state index in [1.807, 2.05) is 72.9 Å². The highest BCUT2D eigenvalue weighted by atomic mass is 15.1. The molecule has 3 heterocycles. The molecule has 3 aromatic carbocycles. The lowest BCUT2D eigenvalue weighted by Gasteiger charge is -2.10. The molecular weight excluding hydrogens is 372 g/mol. The molecule has 0 unspecified atom stereocenters. The first-order valence-corrected chi connectivity index (χ1v) is 9.48. The molecule has 0 aliphatic heterocycles. The first-order valence-electron chi connectivity index (χ1n) is 9.48. The Bertz CT molecular complexity index is 1450. The van der Waals surface area contributed by atoms with E-state index in [1.54, 1.807) is 6.20 Å². The molecule has 1 radical (unpaired) electrons. The van der Waals surface area contributed by atoms with Gasteiger partial charge in [0.15, 0.2) is 5.82 Å². The zero-order valence-corrected chi connectivity index (χ0v) is 15.7. The SMILES string of the molecule is [c]1nnc2cccc(-c3cnc4ccccc4n3)c2c1-c1ncc2ccccc2n1. The molecule has 6 heteroatoms. The lowest BCUT2D eigenvalue weighted by molar-refractivity contribution is 1.06. The van der Waals surface area contributed by atoms with Crippen molar-refractivity contribution in [2.24, 2.45) is 0 Å². The number of para-hydroxylation sites is 3. The normalized spacial score (nSPS) is 11.3. The van der Waals surface area contributed by atoms with Crippen molar-refractivity contribution in [3.05, 3.63) is 85.3 Å². The van der Waals surface area contributed by atoms with Gasteiger partial charge in [0.05, 0.1) is 39.5 Å². The van der Waals surface area contributed by atoms with Gasteiger partial charge in [0, 0.05) is 22.5 Å². The van der Waals surface area contributed by atoms with Gasteiger partial charge >= 0.3 is 0 Å². The van der Waals surface area contributed by atoms with Gasteiger partial charge in [-0.05, 0) is 24.3 Å². The highest BCUT2D eigenvalue weighted by Crippen LogP contribution is 2.33. The van der Waals surface area contributed by atoms with Crippen molar-refractivity contribution >= 4 is 32.8 Å². The summed E-state index contributed by atoms with van der Waals surface area (Å²) in [6.45, 7) is 0. The van der Waals surface area contributed by atoms with Gasteiger partial charge in [0.2, 0.25) is 0 Å². The lowest BCUT2D eigenvalue weighted by atomic mass is 10.0. The van der Waals surface area contributed by atoms with Crippen molar-refractivity contribution in [1.29, 1.82) is 0 Å². The van der Waals surface area contributed by atoms with E-state index in [4.69, 9.17) is 9.97 Å². The van der Waals surface area contributed by atoms with Crippen LogP contribution in [0, 0.1) is 6.20 Å². The molecule has 0 saturated heterocycles. The van der Waals surface area contributed by atoms with Crippen molar-refractivity contribution in [3.63, 3.8) is 0 Å². The van der Waals surface area contributed by atoms with Gasteiger partial charge in [-0.15, -0.1) is 10.2 Å². The molecule has 0 saturated carbocycles. The fraction of sp³-hybridized carbons (Fsp3) is 0. The van der Waals surface area contributed by atoms with Crippen LogP contribution < -0.4 is 0 Å². The van der Waals surface area contributed by atoms with Crippen molar-refractivity contribution in [3.8, 4) is 22.6 Å². The van der Waals surface area contributed by atoms with Crippen LogP contribution in [0.15, 0.2) is 79.1 Å². The summed E-state index contributed by atoms with van der Waals surface area (Å²) in [5.74, 6) is 0.551. The second-order valence-electron chi connectivity index (χ2n) is 6.88. The summed E-state index contributed by atoms with van der Waals surface area (Å²) < 4.78 is 0. The molecule has 0 atom stereocenters. The smallest absolute Gasteiger partial charge is 0.162 e. The molecule has 3 aromatic heterocycles. The molecule has 0 aliphatic rings. The summed E-state index contributed by atoms with van der Waals surface area (Å²) in [4.78, 5) is 18.7. The third-order valence-corrected chi connectivity index (χ3v) is 5.05. The molecule has 6 aromatic rings. The average molecular weight is 385 g/mol. The van der Waals surface area contributed by atoms with E-state index in [0.29, 0.717) is 11.4 Å². The van der Waals surface area contributed by atoms with Crippen molar-refractivity contribution in [2.45, 2.75) is 0 Å². The fourth-order valence-electron chi connectivity index (χ4n) is 3.63. The number of aromatic nitrogens is 6. The number of nitrogens with zero attached hydrogens (tertiary/aromatic N) is 6. The van der Waals surface area contributed by atoms with Crippen LogP contribution in [-0.4, -0.2) is 30.1 Å². The highest BCUT2D eigenvalue weighted by Gasteiger charge is 2.15. The summed E-state index contributed by atoms with van der Waals surface area (Å²) in [6, 6.07) is 21.5. The van der Waals surface area contributed by atoms with Crippen molar-refractivity contribution < 1.29 is 0 Å². The van der Waals surface area contributed by atoms with Crippen LogP contribution in [0.5, 0.6) is 0 Å². The molecule has 6 rings (SSSR count). The maximum absolute atomic E-state index is 4.81. The third-order valence-electron chi connectivity index (χ3n) is 5.05. The Hall–Kier alpha value is -4.32. The van der Waals surface area contributed by atoms with Gasteiger partial charge in [-0.3, -0.25) is 4.98 Å². The number of hydrogen-bond donors (Lipinski definition) is 0. The zero-order valence-electron chi connectivity index (χ0n) is 15.7. The minimum atomic E-state index is 0.551. The average Bonchev–Trinajstić information content (AvgIpc) is 2.82. The van der Waals surface area contributed by atoms with E-state index < -0.39 is 0 Å². The van der Waals surface area contributed by atoms with E-state index in [-0.39, 0.29) is 0 Å². The second-order valence-corrected chi connectivity index (χ2v) is 6.88. The van der Waals surface area contributed by atoms with Crippen molar-refractivity contribution in [2.75, 3.05) is 0 Å². The number of hydrogen-bond acceptors (Lipinski definition) is 6. The summed E-state index contributed by atoms with van der Waals surface area (Å²) in [5.41, 5.74) is 5.62. The van der Waals surface area contributed by atoms with E-state index in [1.165, 1.54) is 0 Å². The summed E-state index contributed by atoms with van der Waals surface area (Å²) in [7, 11) is 0. The van der Waals surface area contributed by atoms with Gasteiger partial charge in [0.25, 0.3) is 0 Å². The van der Waals surface area contributed by atoms with Crippen LogP contribution in [0.1, 0.15) is 0 Å². The third kappa shape index (κ3) is 2.66. The maximum Gasteiger partial charge on any atom is 0.162 e. The van der Waals surface area contributed by atoms with E-state index in [2.05, 4.69) is 26.4 Å². The Kier molecular flexibility index (Phi) is 3.67. The Morgan fingerprint density at radius 1 is 0.633 bits per heavy atom. The van der Waals surface area contributed by atoms with Crippen LogP contribution in [0.3, 0.4) is 0 Å². The minimum Gasteiger partial charge on any atom is -0.252 e. The first-order chi connectivity index (χ1) is 14.9. The standard InChI is InChI=1S/C24H13N6/c1-2-8-18-15(6-1)12-26-24(29-18)17-13-27-30-21-11-5-7-16(23(17)21)22-14-25-19-9-3-4-10-20(19)28-22/h1-12,14H. The molecule has 30 heavy (non-hydrogen) atoms. The quantitative estimate of drug-likeness (QED) is 0.432. The summed E-state index contributed by atoms with van der Waals surface area (Å²) in [5, 5.41) is 10.2. The molecule has 0 aliphatic carbocycles. The number of rotatable bonds is 2. The Morgan fingerprint density at radius 3 is 2.37 bits per heavy atom. The fourth-order valence-corrected chi connectivity index (χ4v) is 3.63. The maximum atomic E-state index is 4.81. The number of fused-ring (bicyclic) bond motifs is 3. The molecule has 139 valence electrons. The Morgan fingerprint density at radius 2 is 1.43 bits per heavy atom. The second kappa shape index (κ2) is 6.63. The van der Waals surface area contributed by atoms with E-state index in [0.717, 1.165) is 44.1 Å². The van der Waals surface area contributed by atoms with Crippen LogP contribution >= 0.6 is 0 Å². The molecule has 0 fully saturated rings. The van der Waals surface area contributed by atoms with Gasteiger partial charge < -0.3 is 0 Å². The molecule has 0 spiro atoms. The van der Waals surface area contributed by atoms with Crippen molar-refractivity contribution in [1.82, 2.24) is 30.1 Å². The van der Waals surface area contributed by atoms with E-state index in [9.17, 15) is 0 Å². The molecule has 0 N–H and O–H groups in total. The number of benzene rings is 3. The van der Waals surface area contributed by atoms with Gasteiger partial charge in [-0.2, -0.15) is 0 Å². The summed E-state index contributed by atoms with van der Waals surface area (Å²) >= 11 is 0. The first kappa shape index (κ1) is 16.6. The molecular formula is C24H13N6. The minimum absolute atomic E-state index is 0.551. The molecule has 6 nitrogen and oxygen atoms in total. The highest BCUT2D eigenvalue weighted by molar-refractivity contribution is 6.03. The Labute approximate surface area is 171 Å². The Balaban J connectivity index is 1.63. The van der Waals surface area contributed by atoms with Crippen LogP contribution in [0.4, 0.5) is 0 Å². The van der Waals surface area contributed by atoms with Crippen LogP contribution in [0.25, 0.3) is 55.5 Å². The monoisotopic (exact) mass is 385 g/mol. The molecule has 0 bridgehead atoms. The largest absolute Gasteiger partial charge is 0.252 e. The van der Waals surface area contributed by atoms with Crippen LogP contribution in [-0.2, 0) is 0 Å². The predicted molar refractivity (Wildman–Crippen MR) is 115 cm³/mol. The molecule has 0 amide bonds. The van der Waals surface area contributed by atoms with E-state index >= 15 is 0 Å². The lowest BCUT2D eigenvalue weighted by Crippen LogP contribution is -1.97. The van der Waals surface area contributed by atoms with Gasteiger partial charge in [-0.1, -0.05) is 42.5 Å². The predicted octanol–water partition coefficient (Wildman–Crippen LogP) is 4.65.